The first kappa shape index (κ1) is 26.2. The van der Waals surface area contributed by atoms with E-state index in [1.165, 1.54) is 6.07 Å². The van der Waals surface area contributed by atoms with E-state index in [1.54, 1.807) is 6.07 Å². The van der Waals surface area contributed by atoms with Crippen molar-refractivity contribution in [1.82, 2.24) is 0 Å². The van der Waals surface area contributed by atoms with Gasteiger partial charge in [-0.15, -0.1) is 6.58 Å². The highest BCUT2D eigenvalue weighted by atomic mass is 28.4. The second kappa shape index (κ2) is 9.83. The van der Waals surface area contributed by atoms with Crippen molar-refractivity contribution >= 4 is 19.3 Å². The standard InChI is InChI=1S/C26H40O5Si/c1-11-13-18-14-21(28)30-25-22(18)20(29-16(3)4)15-19(27)23(25)24(17(5)12-2)31-32(9,10)26(6,7)8/h12,14-17,24,27H,2,11,13H2,1,3-10H3/t17-,24-/m1/s1. The monoisotopic (exact) mass is 460 g/mol. The molecule has 0 aliphatic heterocycles. The van der Waals surface area contributed by atoms with Crippen molar-refractivity contribution < 1.29 is 18.7 Å². The number of aromatic hydroxyl groups is 1. The smallest absolute Gasteiger partial charge is 0.336 e. The van der Waals surface area contributed by atoms with Crippen molar-refractivity contribution in [2.45, 2.75) is 91.6 Å². The minimum atomic E-state index is -2.23. The zero-order valence-electron chi connectivity index (χ0n) is 21.2. The van der Waals surface area contributed by atoms with Crippen molar-refractivity contribution in [3.63, 3.8) is 0 Å². The van der Waals surface area contributed by atoms with Crippen LogP contribution in [0, 0.1) is 5.92 Å². The first-order valence-electron chi connectivity index (χ1n) is 11.5. The first-order valence-corrected chi connectivity index (χ1v) is 14.4. The average molecular weight is 461 g/mol. The lowest BCUT2D eigenvalue weighted by Crippen LogP contribution is -2.42. The Labute approximate surface area is 193 Å². The van der Waals surface area contributed by atoms with Gasteiger partial charge in [-0.25, -0.2) is 4.79 Å². The van der Waals surface area contributed by atoms with E-state index in [0.717, 1.165) is 17.4 Å². The van der Waals surface area contributed by atoms with Gasteiger partial charge in [0, 0.05) is 18.1 Å². The SMILES string of the molecule is C=C[C@@H](C)[C@@H](O[Si](C)(C)C(C)(C)C)c1c(O)cc(OC(C)C)c2c(CCC)cc(=O)oc12. The Balaban J connectivity index is 2.92. The summed E-state index contributed by atoms with van der Waals surface area (Å²) in [4.78, 5) is 12.5. The van der Waals surface area contributed by atoms with Crippen molar-refractivity contribution in [3.8, 4) is 11.5 Å². The van der Waals surface area contributed by atoms with Gasteiger partial charge in [0.25, 0.3) is 0 Å². The fourth-order valence-electron chi connectivity index (χ4n) is 3.53. The maximum absolute atomic E-state index is 12.5. The minimum absolute atomic E-state index is 0.00218. The number of aryl methyl sites for hydroxylation is 1. The van der Waals surface area contributed by atoms with Gasteiger partial charge in [0.2, 0.25) is 0 Å². The van der Waals surface area contributed by atoms with Crippen LogP contribution >= 0.6 is 0 Å². The molecule has 0 amide bonds. The van der Waals surface area contributed by atoms with E-state index in [0.29, 0.717) is 23.3 Å². The maximum Gasteiger partial charge on any atom is 0.336 e. The molecule has 1 aromatic carbocycles. The van der Waals surface area contributed by atoms with Crippen LogP contribution < -0.4 is 10.4 Å². The summed E-state index contributed by atoms with van der Waals surface area (Å²) >= 11 is 0. The number of ether oxygens (including phenoxy) is 1. The lowest BCUT2D eigenvalue weighted by atomic mass is 9.93. The lowest BCUT2D eigenvalue weighted by molar-refractivity contribution is 0.144. The molecule has 32 heavy (non-hydrogen) atoms. The highest BCUT2D eigenvalue weighted by Gasteiger charge is 2.41. The van der Waals surface area contributed by atoms with Crippen LogP contribution in [-0.4, -0.2) is 19.5 Å². The second-order valence-electron chi connectivity index (χ2n) is 10.4. The van der Waals surface area contributed by atoms with E-state index in [9.17, 15) is 9.90 Å². The molecule has 2 atom stereocenters. The van der Waals surface area contributed by atoms with Crippen molar-refractivity contribution in [1.29, 1.82) is 0 Å². The van der Waals surface area contributed by atoms with Crippen LogP contribution in [0.15, 0.2) is 34.0 Å². The van der Waals surface area contributed by atoms with Crippen LogP contribution in [-0.2, 0) is 10.8 Å². The van der Waals surface area contributed by atoms with Crippen molar-refractivity contribution in [2.24, 2.45) is 5.92 Å². The molecule has 1 heterocycles. The van der Waals surface area contributed by atoms with Crippen LogP contribution in [0.4, 0.5) is 0 Å². The highest BCUT2D eigenvalue weighted by Crippen LogP contribution is 2.47. The normalized spacial score (nSPS) is 14.6. The Bertz CT molecular complexity index is 1010. The van der Waals surface area contributed by atoms with Gasteiger partial charge in [-0.1, -0.05) is 47.1 Å². The number of rotatable bonds is 9. The Kier molecular flexibility index (Phi) is 8.05. The second-order valence-corrected chi connectivity index (χ2v) is 15.2. The largest absolute Gasteiger partial charge is 0.507 e. The lowest BCUT2D eigenvalue weighted by Gasteiger charge is -2.40. The molecule has 0 saturated carbocycles. The molecule has 6 heteroatoms. The van der Waals surface area contributed by atoms with E-state index < -0.39 is 20.0 Å². The average Bonchev–Trinajstić information content (AvgIpc) is 2.64. The number of phenols is 1. The molecular weight excluding hydrogens is 420 g/mol. The summed E-state index contributed by atoms with van der Waals surface area (Å²) in [5, 5.41) is 11.9. The van der Waals surface area contributed by atoms with Crippen LogP contribution in [0.1, 0.15) is 72.1 Å². The topological polar surface area (TPSA) is 68.9 Å². The summed E-state index contributed by atoms with van der Waals surface area (Å²) in [6.45, 7) is 22.8. The van der Waals surface area contributed by atoms with E-state index in [1.807, 2.05) is 26.8 Å². The molecule has 0 radical (unpaired) electrons. The minimum Gasteiger partial charge on any atom is -0.507 e. The van der Waals surface area contributed by atoms with E-state index >= 15 is 0 Å². The molecule has 0 aliphatic rings. The number of hydrogen-bond acceptors (Lipinski definition) is 5. The molecule has 2 aromatic rings. The van der Waals surface area contributed by atoms with Gasteiger partial charge in [0.1, 0.15) is 11.5 Å². The third kappa shape index (κ3) is 5.46. The Morgan fingerprint density at radius 2 is 1.84 bits per heavy atom. The number of phenolic OH excluding ortho intramolecular Hbond substituents is 1. The third-order valence-corrected chi connectivity index (χ3v) is 10.8. The molecule has 5 nitrogen and oxygen atoms in total. The van der Waals surface area contributed by atoms with Crippen LogP contribution in [0.5, 0.6) is 11.5 Å². The predicted octanol–water partition coefficient (Wildman–Crippen LogP) is 7.12. The number of fused-ring (bicyclic) bond motifs is 1. The Morgan fingerprint density at radius 3 is 2.34 bits per heavy atom. The summed E-state index contributed by atoms with van der Waals surface area (Å²) in [7, 11) is -2.23. The fourth-order valence-corrected chi connectivity index (χ4v) is 4.85. The first-order chi connectivity index (χ1) is 14.7. The summed E-state index contributed by atoms with van der Waals surface area (Å²) in [5.41, 5.74) is 1.24. The van der Waals surface area contributed by atoms with Crippen molar-refractivity contribution in [2.75, 3.05) is 0 Å². The molecule has 1 N–H and O–H groups in total. The summed E-state index contributed by atoms with van der Waals surface area (Å²) in [6.07, 6.45) is 2.77. The van der Waals surface area contributed by atoms with Crippen molar-refractivity contribution in [3.05, 3.63) is 46.3 Å². The molecule has 0 bridgehead atoms. The molecule has 0 spiro atoms. The maximum atomic E-state index is 12.5. The summed E-state index contributed by atoms with van der Waals surface area (Å²) in [6, 6.07) is 3.16. The van der Waals surface area contributed by atoms with Gasteiger partial charge in [-0.2, -0.15) is 0 Å². The molecule has 0 unspecified atom stereocenters. The molecule has 0 saturated heterocycles. The third-order valence-electron chi connectivity index (χ3n) is 6.32. The van der Waals surface area contributed by atoms with Gasteiger partial charge in [0.05, 0.1) is 23.2 Å². The quantitative estimate of drug-likeness (QED) is 0.245. The Morgan fingerprint density at radius 1 is 1.22 bits per heavy atom. The molecule has 178 valence electrons. The molecule has 0 aliphatic carbocycles. The predicted molar refractivity (Wildman–Crippen MR) is 134 cm³/mol. The Hall–Kier alpha value is -2.05. The zero-order chi connectivity index (χ0) is 24.4. The van der Waals surface area contributed by atoms with E-state index in [4.69, 9.17) is 13.6 Å². The molecule has 2 rings (SSSR count). The number of hydrogen-bond donors (Lipinski definition) is 1. The highest BCUT2D eigenvalue weighted by molar-refractivity contribution is 6.74. The zero-order valence-corrected chi connectivity index (χ0v) is 22.2. The summed E-state index contributed by atoms with van der Waals surface area (Å²) < 4.78 is 18.6. The van der Waals surface area contributed by atoms with E-state index in [2.05, 4.69) is 47.4 Å². The van der Waals surface area contributed by atoms with Gasteiger partial charge >= 0.3 is 5.63 Å². The van der Waals surface area contributed by atoms with Gasteiger partial charge < -0.3 is 18.7 Å². The molecule has 0 fully saturated rings. The van der Waals surface area contributed by atoms with Gasteiger partial charge in [-0.3, -0.25) is 0 Å². The van der Waals surface area contributed by atoms with Crippen LogP contribution in [0.25, 0.3) is 11.0 Å². The fraction of sp³-hybridized carbons (Fsp3) is 0.577. The molecule has 1 aromatic heterocycles. The van der Waals surface area contributed by atoms with E-state index in [-0.39, 0.29) is 22.8 Å². The number of benzene rings is 1. The van der Waals surface area contributed by atoms with Crippen LogP contribution in [0.3, 0.4) is 0 Å². The van der Waals surface area contributed by atoms with Gasteiger partial charge in [0.15, 0.2) is 13.9 Å². The summed E-state index contributed by atoms with van der Waals surface area (Å²) in [5.74, 6) is 0.401. The van der Waals surface area contributed by atoms with Crippen LogP contribution in [0.2, 0.25) is 18.1 Å². The van der Waals surface area contributed by atoms with Gasteiger partial charge in [-0.05, 0) is 44.0 Å². The molecular formula is C26H40O5Si.